The van der Waals surface area contributed by atoms with Crippen LogP contribution in [0.15, 0.2) is 67.1 Å². The number of carbonyl (C=O) groups is 1. The van der Waals surface area contributed by atoms with E-state index in [4.69, 9.17) is 0 Å². The second-order valence-electron chi connectivity index (χ2n) is 7.28. The maximum absolute atomic E-state index is 14.4. The number of aromatic nitrogens is 5. The third-order valence-electron chi connectivity index (χ3n) is 5.24. The van der Waals surface area contributed by atoms with Gasteiger partial charge in [-0.3, -0.25) is 9.78 Å². The SMILES string of the molecule is CCC(=O)c1ccc(-c2cnc3ncc(Cc4ccc5ncccc5c4)n3n2)cc1F. The molecule has 5 rings (SSSR count). The third-order valence-corrected chi connectivity index (χ3v) is 5.24. The van der Waals surface area contributed by atoms with Gasteiger partial charge in [0.2, 0.25) is 0 Å². The number of ketones is 1. The largest absolute Gasteiger partial charge is 0.294 e. The quantitative estimate of drug-likeness (QED) is 0.393. The number of fused-ring (bicyclic) bond motifs is 2. The predicted molar refractivity (Wildman–Crippen MR) is 115 cm³/mol. The van der Waals surface area contributed by atoms with Gasteiger partial charge in [-0.2, -0.15) is 5.10 Å². The van der Waals surface area contributed by atoms with Gasteiger partial charge in [-0.25, -0.2) is 18.9 Å². The van der Waals surface area contributed by atoms with E-state index in [1.807, 2.05) is 24.3 Å². The molecule has 3 aromatic heterocycles. The molecule has 7 heteroatoms. The van der Waals surface area contributed by atoms with E-state index in [0.717, 1.165) is 22.2 Å². The smallest absolute Gasteiger partial charge is 0.250 e. The highest BCUT2D eigenvalue weighted by Crippen LogP contribution is 2.22. The fraction of sp³-hybridized carbons (Fsp3) is 0.125. The van der Waals surface area contributed by atoms with Crippen molar-refractivity contribution >= 4 is 22.5 Å². The maximum atomic E-state index is 14.4. The molecular formula is C24H18FN5O. The van der Waals surface area contributed by atoms with Crippen LogP contribution in [0.1, 0.15) is 35.0 Å². The van der Waals surface area contributed by atoms with Gasteiger partial charge in [-0.05, 0) is 35.9 Å². The van der Waals surface area contributed by atoms with Gasteiger partial charge in [0.1, 0.15) is 11.5 Å². The Morgan fingerprint density at radius 3 is 2.74 bits per heavy atom. The first-order valence-electron chi connectivity index (χ1n) is 9.99. The van der Waals surface area contributed by atoms with Crippen molar-refractivity contribution in [2.45, 2.75) is 19.8 Å². The Morgan fingerprint density at radius 2 is 1.90 bits per heavy atom. The highest BCUT2D eigenvalue weighted by atomic mass is 19.1. The molecule has 0 unspecified atom stereocenters. The summed E-state index contributed by atoms with van der Waals surface area (Å²) in [6.45, 7) is 1.71. The minimum absolute atomic E-state index is 0.0920. The van der Waals surface area contributed by atoms with Gasteiger partial charge < -0.3 is 0 Å². The van der Waals surface area contributed by atoms with Crippen LogP contribution in [-0.4, -0.2) is 30.3 Å². The molecule has 0 N–H and O–H groups in total. The first-order valence-corrected chi connectivity index (χ1v) is 9.99. The van der Waals surface area contributed by atoms with Crippen molar-refractivity contribution in [3.05, 3.63) is 89.8 Å². The Kier molecular flexibility index (Phi) is 4.71. The van der Waals surface area contributed by atoms with Gasteiger partial charge in [0.25, 0.3) is 5.78 Å². The fourth-order valence-corrected chi connectivity index (χ4v) is 3.61. The molecule has 152 valence electrons. The van der Waals surface area contributed by atoms with Gasteiger partial charge in [0.05, 0.1) is 29.2 Å². The Morgan fingerprint density at radius 1 is 1.03 bits per heavy atom. The van der Waals surface area contributed by atoms with Crippen LogP contribution in [0.4, 0.5) is 4.39 Å². The average Bonchev–Trinajstić information content (AvgIpc) is 3.20. The molecule has 31 heavy (non-hydrogen) atoms. The molecule has 0 fully saturated rings. The lowest BCUT2D eigenvalue weighted by molar-refractivity contribution is 0.0984. The zero-order valence-electron chi connectivity index (χ0n) is 16.8. The van der Waals surface area contributed by atoms with Gasteiger partial charge >= 0.3 is 0 Å². The zero-order valence-corrected chi connectivity index (χ0v) is 16.8. The number of imidazole rings is 1. The summed E-state index contributed by atoms with van der Waals surface area (Å²) >= 11 is 0. The first-order chi connectivity index (χ1) is 15.1. The van der Waals surface area contributed by atoms with E-state index < -0.39 is 5.82 Å². The normalized spacial score (nSPS) is 11.3. The monoisotopic (exact) mass is 411 g/mol. The molecular weight excluding hydrogens is 393 g/mol. The lowest BCUT2D eigenvalue weighted by atomic mass is 10.0. The van der Waals surface area contributed by atoms with E-state index in [-0.39, 0.29) is 17.8 Å². The molecule has 0 spiro atoms. The van der Waals surface area contributed by atoms with Crippen molar-refractivity contribution in [1.29, 1.82) is 0 Å². The summed E-state index contributed by atoms with van der Waals surface area (Å²) in [6, 6.07) is 14.6. The van der Waals surface area contributed by atoms with Crippen LogP contribution in [0.3, 0.4) is 0 Å². The number of Topliss-reactive ketones (excluding diaryl/α,β-unsaturated/α-hetero) is 1. The molecule has 0 radical (unpaired) electrons. The summed E-state index contributed by atoms with van der Waals surface area (Å²) in [5.41, 5.74) is 4.06. The van der Waals surface area contributed by atoms with Crippen LogP contribution in [0.25, 0.3) is 27.9 Å². The van der Waals surface area contributed by atoms with Crippen LogP contribution >= 0.6 is 0 Å². The number of hydrogen-bond donors (Lipinski definition) is 0. The van der Waals surface area contributed by atoms with Crippen LogP contribution < -0.4 is 0 Å². The van der Waals surface area contributed by atoms with Crippen molar-refractivity contribution < 1.29 is 9.18 Å². The summed E-state index contributed by atoms with van der Waals surface area (Å²) in [4.78, 5) is 24.9. The third kappa shape index (κ3) is 3.54. The van der Waals surface area contributed by atoms with Crippen molar-refractivity contribution in [2.75, 3.05) is 0 Å². The number of benzene rings is 2. The fourth-order valence-electron chi connectivity index (χ4n) is 3.61. The molecule has 3 heterocycles. The summed E-state index contributed by atoms with van der Waals surface area (Å²) in [5.74, 6) is -0.311. The molecule has 2 aromatic carbocycles. The molecule has 0 aliphatic rings. The minimum Gasteiger partial charge on any atom is -0.294 e. The molecule has 0 bridgehead atoms. The van der Waals surface area contributed by atoms with Crippen molar-refractivity contribution in [1.82, 2.24) is 24.6 Å². The predicted octanol–water partition coefficient (Wildman–Crippen LogP) is 4.66. The van der Waals surface area contributed by atoms with E-state index in [1.165, 1.54) is 12.1 Å². The van der Waals surface area contributed by atoms with Gasteiger partial charge in [0, 0.05) is 30.0 Å². The summed E-state index contributed by atoms with van der Waals surface area (Å²) < 4.78 is 16.1. The van der Waals surface area contributed by atoms with E-state index in [2.05, 4.69) is 26.1 Å². The molecule has 0 aliphatic carbocycles. The van der Waals surface area contributed by atoms with Crippen molar-refractivity contribution in [2.24, 2.45) is 0 Å². The summed E-state index contributed by atoms with van der Waals surface area (Å²) in [5, 5.41) is 5.69. The van der Waals surface area contributed by atoms with Crippen molar-refractivity contribution in [3.63, 3.8) is 0 Å². The van der Waals surface area contributed by atoms with E-state index in [0.29, 0.717) is 23.5 Å². The molecule has 0 saturated carbocycles. The molecule has 0 aliphatic heterocycles. The minimum atomic E-state index is -0.554. The Balaban J connectivity index is 1.51. The van der Waals surface area contributed by atoms with Gasteiger partial charge in [-0.1, -0.05) is 25.1 Å². The van der Waals surface area contributed by atoms with Crippen LogP contribution in [-0.2, 0) is 6.42 Å². The Labute approximate surface area is 177 Å². The molecule has 6 nitrogen and oxygen atoms in total. The van der Waals surface area contributed by atoms with Crippen LogP contribution in [0.5, 0.6) is 0 Å². The highest BCUT2D eigenvalue weighted by Gasteiger charge is 2.14. The number of rotatable bonds is 5. The maximum Gasteiger partial charge on any atom is 0.250 e. The number of nitrogens with zero attached hydrogens (tertiary/aromatic N) is 5. The lowest BCUT2D eigenvalue weighted by Crippen LogP contribution is -2.04. The lowest BCUT2D eigenvalue weighted by Gasteiger charge is -2.07. The zero-order chi connectivity index (χ0) is 21.4. The van der Waals surface area contributed by atoms with E-state index in [1.54, 1.807) is 36.1 Å². The number of hydrogen-bond acceptors (Lipinski definition) is 5. The first kappa shape index (κ1) is 19.0. The number of halogens is 1. The second-order valence-corrected chi connectivity index (χ2v) is 7.28. The van der Waals surface area contributed by atoms with E-state index in [9.17, 15) is 9.18 Å². The summed E-state index contributed by atoms with van der Waals surface area (Å²) in [7, 11) is 0. The van der Waals surface area contributed by atoms with E-state index >= 15 is 0 Å². The molecule has 5 aromatic rings. The standard InChI is InChI=1S/C24H18FN5O/c1-2-23(31)19-7-6-17(12-20(19)25)22-14-28-24-27-13-18(30(24)29-22)11-15-5-8-21-16(10-15)4-3-9-26-21/h3-10,12-14H,2,11H2,1H3. The molecule has 0 saturated heterocycles. The number of pyridine rings is 1. The topological polar surface area (TPSA) is 73.0 Å². The van der Waals surface area contributed by atoms with Gasteiger partial charge in [-0.15, -0.1) is 0 Å². The average molecular weight is 411 g/mol. The van der Waals surface area contributed by atoms with Crippen LogP contribution in [0, 0.1) is 5.82 Å². The van der Waals surface area contributed by atoms with Gasteiger partial charge in [0.15, 0.2) is 5.78 Å². The summed E-state index contributed by atoms with van der Waals surface area (Å²) in [6.07, 6.45) is 5.95. The molecule has 0 amide bonds. The Bertz CT molecular complexity index is 1440. The van der Waals surface area contributed by atoms with Crippen molar-refractivity contribution in [3.8, 4) is 11.3 Å². The second kappa shape index (κ2) is 7.68. The van der Waals surface area contributed by atoms with Crippen LogP contribution in [0.2, 0.25) is 0 Å². The Hall–Kier alpha value is -4.00. The number of carbonyl (C=O) groups excluding carboxylic acids is 1. The highest BCUT2D eigenvalue weighted by molar-refractivity contribution is 5.96. The molecule has 0 atom stereocenters.